The lowest BCUT2D eigenvalue weighted by molar-refractivity contribution is -0.299. The Bertz CT molecular complexity index is 3510. The molecule has 4 rings (SSSR count). The predicted octanol–water partition coefficient (Wildman–Crippen LogP) is -2.56. The minimum Gasteiger partial charge on any atom is -0.396 e. The number of nitrogens with one attached hydrogen (secondary N) is 12. The molecule has 0 spiro atoms. The molecule has 0 aromatic heterocycles. The second-order valence-electron chi connectivity index (χ2n) is 38.0. The van der Waals surface area contributed by atoms with Crippen LogP contribution in [0.4, 0.5) is 0 Å². The van der Waals surface area contributed by atoms with Gasteiger partial charge in [0.15, 0.2) is 31.8 Å². The van der Waals surface area contributed by atoms with Gasteiger partial charge in [-0.15, -0.1) is 0 Å². The average Bonchev–Trinajstić information content (AvgIpc) is 0.771. The van der Waals surface area contributed by atoms with Crippen molar-refractivity contribution in [2.24, 2.45) is 22.4 Å². The summed E-state index contributed by atoms with van der Waals surface area (Å²) in [5, 5.41) is 141. The van der Waals surface area contributed by atoms with Gasteiger partial charge < -0.3 is 172 Å². The molecule has 22 N–H and O–H groups in total. The molecule has 4 aliphatic heterocycles. The SMILES string of the molecule is CC(=O)NC1CC(O)[C@H](O)C(CO)CO[C@@H]1OCCCCC(=O)NCCCNC(=O)CCOCC(COCCC(=O)NCCCNC(=O)CCCCO[C@H]1OCC(CO)[C@@H](O)C(O)CC1NC(C)=O)(COCCC(=O)NCCCNC(=O)CCCCO[C@H]1OC(CO)[C@@](C)(O)[C@@H](O)C1NC(C)=O)NC(=O)CCCCCCCCCCCCNC(=O)CON=CC1O[C@H](OCC(C)(C)C)CC(O)[C@@H]1NC(C)=O. The van der Waals surface area contributed by atoms with Crippen LogP contribution < -0.4 is 63.8 Å². The molecule has 141 heavy (non-hydrogen) atoms. The van der Waals surface area contributed by atoms with Crippen molar-refractivity contribution in [3.05, 3.63) is 0 Å². The van der Waals surface area contributed by atoms with Crippen molar-refractivity contribution in [3.63, 3.8) is 0 Å². The van der Waals surface area contributed by atoms with E-state index < -0.39 is 159 Å². The topological polar surface area (TPSA) is 675 Å². The third-order valence-electron chi connectivity index (χ3n) is 23.7. The maximum atomic E-state index is 14.2. The van der Waals surface area contributed by atoms with Crippen LogP contribution in [0.5, 0.6) is 0 Å². The Hall–Kier alpha value is -7.73. The van der Waals surface area contributed by atoms with Gasteiger partial charge in [-0.05, 0) is 83.0 Å². The lowest BCUT2D eigenvalue weighted by atomic mass is 9.84. The summed E-state index contributed by atoms with van der Waals surface area (Å²) < 4.78 is 65.2. The monoisotopic (exact) mass is 2020 g/mol. The van der Waals surface area contributed by atoms with Gasteiger partial charge in [-0.1, -0.05) is 77.3 Å². The fraction of sp³-hybridized carbons (Fsp3) is 0.862. The number of carbonyl (C=O) groups is 12. The Labute approximate surface area is 827 Å². The molecule has 0 radical (unpaired) electrons. The summed E-state index contributed by atoms with van der Waals surface area (Å²) in [5.74, 6) is -5.82. The zero-order chi connectivity index (χ0) is 104. The molecular formula is C94H169N13O34. The van der Waals surface area contributed by atoms with Gasteiger partial charge in [0.1, 0.15) is 35.5 Å². The summed E-state index contributed by atoms with van der Waals surface area (Å²) in [6.45, 7) is 11.6. The van der Waals surface area contributed by atoms with Crippen LogP contribution in [0.15, 0.2) is 5.16 Å². The summed E-state index contributed by atoms with van der Waals surface area (Å²) in [6, 6.07) is -3.52. The molecule has 0 aromatic rings. The predicted molar refractivity (Wildman–Crippen MR) is 508 cm³/mol. The molecule has 0 bridgehead atoms. The minimum absolute atomic E-state index is 0.0603. The van der Waals surface area contributed by atoms with E-state index in [0.29, 0.717) is 77.4 Å². The van der Waals surface area contributed by atoms with Crippen molar-refractivity contribution < 1.29 is 166 Å². The summed E-state index contributed by atoms with van der Waals surface area (Å²) in [6.07, 6.45) is 0.118. The largest absolute Gasteiger partial charge is 0.396 e. The van der Waals surface area contributed by atoms with E-state index in [2.05, 4.69) is 69.0 Å². The third-order valence-corrected chi connectivity index (χ3v) is 23.7. The van der Waals surface area contributed by atoms with Crippen LogP contribution in [0, 0.1) is 17.3 Å². The van der Waals surface area contributed by atoms with Crippen LogP contribution in [0.2, 0.25) is 0 Å². The molecule has 814 valence electrons. The van der Waals surface area contributed by atoms with Crippen molar-refractivity contribution in [1.82, 2.24) is 63.8 Å². The lowest BCUT2D eigenvalue weighted by Gasteiger charge is -2.47. The van der Waals surface area contributed by atoms with E-state index in [9.17, 15) is 109 Å². The maximum absolute atomic E-state index is 14.2. The molecule has 47 heteroatoms. The molecule has 0 aliphatic carbocycles. The molecule has 4 aliphatic rings. The number of nitrogens with zero attached hydrogens (tertiary/aromatic N) is 1. The first-order valence-electron chi connectivity index (χ1n) is 50.1. The van der Waals surface area contributed by atoms with Crippen molar-refractivity contribution >= 4 is 77.1 Å². The van der Waals surface area contributed by atoms with Crippen LogP contribution in [-0.4, -0.2) is 389 Å². The molecule has 4 saturated heterocycles. The number of unbranched alkanes of at least 4 members (excludes halogenated alkanes) is 12. The number of oxime groups is 1. The number of ether oxygens (including phenoxy) is 11. The number of hydrogen-bond donors (Lipinski definition) is 22. The highest BCUT2D eigenvalue weighted by Gasteiger charge is 2.53. The normalized spacial score (nSPS) is 25.3. The average molecular weight is 2030 g/mol. The Morgan fingerprint density at radius 3 is 1.15 bits per heavy atom. The first-order chi connectivity index (χ1) is 67.3. The fourth-order valence-corrected chi connectivity index (χ4v) is 15.8. The summed E-state index contributed by atoms with van der Waals surface area (Å²) >= 11 is 0. The molecule has 4 fully saturated rings. The number of amides is 12. The summed E-state index contributed by atoms with van der Waals surface area (Å²) in [5.41, 5.74) is -3.49. The van der Waals surface area contributed by atoms with Gasteiger partial charge in [-0.25, -0.2) is 0 Å². The van der Waals surface area contributed by atoms with Crippen LogP contribution in [0.25, 0.3) is 0 Å². The van der Waals surface area contributed by atoms with Crippen LogP contribution in [0.3, 0.4) is 0 Å². The molecular weight excluding hydrogens is 1860 g/mol. The van der Waals surface area contributed by atoms with Crippen molar-refractivity contribution in [3.8, 4) is 0 Å². The van der Waals surface area contributed by atoms with Gasteiger partial charge >= 0.3 is 0 Å². The van der Waals surface area contributed by atoms with Gasteiger partial charge in [-0.3, -0.25) is 57.5 Å². The zero-order valence-corrected chi connectivity index (χ0v) is 84.0. The minimum atomic E-state index is -1.89. The third kappa shape index (κ3) is 54.9. The molecule has 4 heterocycles. The number of aliphatic hydroxyl groups excluding tert-OH is 9. The Balaban J connectivity index is 1.32. The Morgan fingerprint density at radius 2 is 0.752 bits per heavy atom. The number of rotatable bonds is 72. The van der Waals surface area contributed by atoms with Gasteiger partial charge in [0, 0.05) is 169 Å². The van der Waals surface area contributed by atoms with Gasteiger partial charge in [0.05, 0.1) is 134 Å². The highest BCUT2D eigenvalue weighted by molar-refractivity contribution is 5.80. The molecule has 0 saturated carbocycles. The summed E-state index contributed by atoms with van der Waals surface area (Å²) in [4.78, 5) is 158. The Morgan fingerprint density at radius 1 is 0.390 bits per heavy atom. The van der Waals surface area contributed by atoms with Gasteiger partial charge in [-0.2, -0.15) is 0 Å². The van der Waals surface area contributed by atoms with Gasteiger partial charge in [0.2, 0.25) is 65.0 Å². The van der Waals surface area contributed by atoms with Crippen molar-refractivity contribution in [2.45, 2.75) is 351 Å². The molecule has 12 amide bonds. The smallest absolute Gasteiger partial charge is 0.260 e. The van der Waals surface area contributed by atoms with Crippen molar-refractivity contribution in [2.75, 3.05) is 152 Å². The number of hydrogen-bond acceptors (Lipinski definition) is 35. The van der Waals surface area contributed by atoms with E-state index in [1.807, 2.05) is 20.8 Å². The maximum Gasteiger partial charge on any atom is 0.260 e. The highest BCUT2D eigenvalue weighted by atomic mass is 16.7. The Kier molecular flexibility index (Phi) is 63.9. The molecule has 10 unspecified atom stereocenters. The van der Waals surface area contributed by atoms with Crippen LogP contribution in [-0.2, 0) is 114 Å². The quantitative estimate of drug-likeness (QED) is 0.0169. The van der Waals surface area contributed by atoms with E-state index in [1.54, 1.807) is 0 Å². The lowest BCUT2D eigenvalue weighted by Crippen LogP contribution is -2.69. The first-order valence-corrected chi connectivity index (χ1v) is 50.1. The molecule has 19 atom stereocenters. The zero-order valence-electron chi connectivity index (χ0n) is 84.0. The van der Waals surface area contributed by atoms with Crippen LogP contribution >= 0.6 is 0 Å². The van der Waals surface area contributed by atoms with E-state index in [4.69, 9.17) is 56.9 Å². The van der Waals surface area contributed by atoms with E-state index in [-0.39, 0.29) is 241 Å². The van der Waals surface area contributed by atoms with E-state index >= 15 is 0 Å². The van der Waals surface area contributed by atoms with E-state index in [1.165, 1.54) is 40.8 Å². The van der Waals surface area contributed by atoms with Gasteiger partial charge in [0.25, 0.3) is 5.91 Å². The second-order valence-corrected chi connectivity index (χ2v) is 38.0. The second kappa shape index (κ2) is 71.7. The molecule has 0 aromatic carbocycles. The van der Waals surface area contributed by atoms with E-state index in [0.717, 1.165) is 57.8 Å². The summed E-state index contributed by atoms with van der Waals surface area (Å²) in [7, 11) is 0. The standard InChI is InChI=1S/C94H169N13O34/c1-62(111)103-68-48-71(116)86(126)66(52-108)55-136-89(68)133-42-22-18-28-75(118)95-36-25-39-98-78(121)32-45-130-59-94(61-132-47-34-80(123)100-41-27-38-97-77(120)30-20-24-44-135-91-85(106-65(4)114)88(128)93(8,129)74(54-110)141-91,60-131-46-33-79(122)99-40-26-37-96-76(119)29-19-23-43-134-90-69(104-63(2)112)49-72(117)87(127)67(53-109)56-137-90)107-81(124)31-17-15-13-11-9-10-12-14-16-21-35-101-82(125)57-139-102-51-73-84(105-64(3)113)70(115)50-83(140-73)138-58-92(5,6)7/h51,66-74,83-91,108-110,115-117,126-129H,9-50,52-61H2,1-8H3,(H,95,118)(H,96,119)(H,97,120)(H,98,121)(H,99,122)(H,100,123)(H,101,125)(H,103,111)(H,104,112)(H,105,113)(H,106,114)(H,107,124)/t66?,67?,68?,69?,70?,71?,72?,73?,74?,83-,84-,85?,86+,87+,88-,89-,90-,91-,93+,94?/m0/s1. The first kappa shape index (κ1) is 126. The van der Waals surface area contributed by atoms with Crippen LogP contribution in [0.1, 0.15) is 242 Å². The highest BCUT2D eigenvalue weighted by Crippen LogP contribution is 2.32. The fourth-order valence-electron chi connectivity index (χ4n) is 15.8. The number of carbonyl (C=O) groups excluding carboxylic acids is 12. The van der Waals surface area contributed by atoms with Crippen molar-refractivity contribution in [1.29, 1.82) is 0 Å². The molecule has 47 nitrogen and oxygen atoms in total. The number of aliphatic hydroxyl groups is 10.